The second kappa shape index (κ2) is 17.9. The van der Waals surface area contributed by atoms with Gasteiger partial charge in [-0.3, -0.25) is 0 Å². The van der Waals surface area contributed by atoms with Gasteiger partial charge < -0.3 is 0 Å². The average Bonchev–Trinajstić information content (AvgIpc) is 2.56. The van der Waals surface area contributed by atoms with Crippen molar-refractivity contribution in [3.8, 4) is 36.4 Å². The van der Waals surface area contributed by atoms with Crippen LogP contribution in [0.15, 0.2) is 0 Å². The Labute approximate surface area is 132 Å². The lowest BCUT2D eigenvalue weighted by atomic mass is 10.0. The maximum Gasteiger partial charge on any atom is 0.0656 e. The molecule has 0 spiro atoms. The molecule has 0 fully saturated rings. The minimum Gasteiger partial charge on any atom is -0.198 e. The summed E-state index contributed by atoms with van der Waals surface area (Å²) < 4.78 is 0. The molecule has 0 aromatic rings. The zero-order chi connectivity index (χ0) is 17.1. The normalized spacial score (nSPS) is 8.18. The minimum atomic E-state index is -0.116. The maximum atomic E-state index is 8.51. The second-order valence-electron chi connectivity index (χ2n) is 4.44. The van der Waals surface area contributed by atoms with Gasteiger partial charge in [0.15, 0.2) is 0 Å². The Morgan fingerprint density at radius 1 is 0.455 bits per heavy atom. The van der Waals surface area contributed by atoms with Crippen LogP contribution in [-0.4, -0.2) is 0 Å². The molecule has 0 aromatic heterocycles. The predicted octanol–water partition coefficient (Wildman–Crippen LogP) is 3.47. The molecule has 0 aliphatic heterocycles. The minimum absolute atomic E-state index is 0.116. The number of nitriles is 6. The molecule has 0 bridgehead atoms. The maximum absolute atomic E-state index is 8.51. The van der Waals surface area contributed by atoms with Gasteiger partial charge in [-0.2, -0.15) is 31.6 Å². The summed E-state index contributed by atoms with van der Waals surface area (Å²) in [4.78, 5) is 0. The molecule has 0 unspecified atom stereocenters. The van der Waals surface area contributed by atoms with Gasteiger partial charge in [0.2, 0.25) is 0 Å². The van der Waals surface area contributed by atoms with E-state index in [1.807, 2.05) is 24.3 Å². The van der Waals surface area contributed by atoms with Crippen molar-refractivity contribution in [2.24, 2.45) is 11.8 Å². The summed E-state index contributed by atoms with van der Waals surface area (Å²) in [7, 11) is 0. The second-order valence-corrected chi connectivity index (χ2v) is 4.44. The predicted molar refractivity (Wildman–Crippen MR) is 77.6 cm³/mol. The van der Waals surface area contributed by atoms with Crippen LogP contribution in [0, 0.1) is 79.8 Å². The summed E-state index contributed by atoms with van der Waals surface area (Å²) >= 11 is 0. The lowest BCUT2D eigenvalue weighted by Gasteiger charge is -2.00. The first-order valence-electron chi connectivity index (χ1n) is 6.97. The summed E-state index contributed by atoms with van der Waals surface area (Å²) in [5, 5.41) is 49.9. The van der Waals surface area contributed by atoms with Crippen molar-refractivity contribution in [3.05, 3.63) is 0 Å². The quantitative estimate of drug-likeness (QED) is 0.670. The first-order valence-corrected chi connectivity index (χ1v) is 6.97. The van der Waals surface area contributed by atoms with Crippen molar-refractivity contribution in [1.82, 2.24) is 0 Å². The van der Waals surface area contributed by atoms with Gasteiger partial charge in [0.25, 0.3) is 0 Å². The molecule has 0 aromatic carbocycles. The van der Waals surface area contributed by atoms with Gasteiger partial charge in [-0.05, 0) is 25.7 Å². The third kappa shape index (κ3) is 15.0. The lowest BCUT2D eigenvalue weighted by molar-refractivity contribution is 0.573. The summed E-state index contributed by atoms with van der Waals surface area (Å²) in [6, 6.07) is 12.0. The first-order chi connectivity index (χ1) is 10.7. The van der Waals surface area contributed by atoms with Crippen LogP contribution in [0.4, 0.5) is 0 Å². The molecule has 0 rings (SSSR count). The zero-order valence-electron chi connectivity index (χ0n) is 12.5. The fraction of sp³-hybridized carbons (Fsp3) is 0.625. The molecule has 0 N–H and O–H groups in total. The average molecular weight is 294 g/mol. The van der Waals surface area contributed by atoms with Gasteiger partial charge in [-0.15, -0.1) is 0 Å². The van der Waals surface area contributed by atoms with E-state index in [1.54, 1.807) is 0 Å². The van der Waals surface area contributed by atoms with Crippen LogP contribution in [0.5, 0.6) is 0 Å². The molecule has 0 amide bonds. The molecular weight excluding hydrogens is 276 g/mol. The van der Waals surface area contributed by atoms with Crippen molar-refractivity contribution in [2.45, 2.75) is 51.4 Å². The van der Waals surface area contributed by atoms with Gasteiger partial charge in [-0.1, -0.05) is 0 Å². The monoisotopic (exact) mass is 294 g/mol. The van der Waals surface area contributed by atoms with Crippen LogP contribution >= 0.6 is 0 Å². The Balaban J connectivity index is 0. The third-order valence-corrected chi connectivity index (χ3v) is 2.78. The van der Waals surface area contributed by atoms with E-state index in [2.05, 4.69) is 12.1 Å². The van der Waals surface area contributed by atoms with Crippen molar-refractivity contribution in [2.75, 3.05) is 0 Å². The number of hydrogen-bond acceptors (Lipinski definition) is 6. The van der Waals surface area contributed by atoms with Gasteiger partial charge >= 0.3 is 0 Å². The molecule has 6 nitrogen and oxygen atoms in total. The standard InChI is InChI=1S/2C8H9N3/c2*9-5-1-3-8(7-11)4-2-6-10/h2*8H,1-4H2. The molecule has 0 saturated heterocycles. The number of rotatable bonds is 8. The molecule has 0 saturated carbocycles. The molecule has 0 radical (unpaired) electrons. The Kier molecular flexibility index (Phi) is 17.3. The topological polar surface area (TPSA) is 143 Å². The summed E-state index contributed by atoms with van der Waals surface area (Å²) in [5.41, 5.74) is 0. The Morgan fingerprint density at radius 2 is 0.682 bits per heavy atom. The molecule has 22 heavy (non-hydrogen) atoms. The van der Waals surface area contributed by atoms with Crippen LogP contribution in [0.25, 0.3) is 0 Å². The van der Waals surface area contributed by atoms with Crippen LogP contribution < -0.4 is 0 Å². The van der Waals surface area contributed by atoms with E-state index >= 15 is 0 Å². The van der Waals surface area contributed by atoms with E-state index in [1.165, 1.54) is 0 Å². The molecule has 0 atom stereocenters. The van der Waals surface area contributed by atoms with E-state index in [4.69, 9.17) is 31.6 Å². The van der Waals surface area contributed by atoms with Crippen molar-refractivity contribution in [1.29, 1.82) is 31.6 Å². The Morgan fingerprint density at radius 3 is 0.818 bits per heavy atom. The van der Waals surface area contributed by atoms with E-state index in [-0.39, 0.29) is 11.8 Å². The first kappa shape index (κ1) is 21.2. The molecule has 112 valence electrons. The number of hydrogen-bond donors (Lipinski definition) is 0. The van der Waals surface area contributed by atoms with E-state index in [9.17, 15) is 0 Å². The highest BCUT2D eigenvalue weighted by Gasteiger charge is 2.05. The molecule has 0 heterocycles. The zero-order valence-corrected chi connectivity index (χ0v) is 12.5. The Bertz CT molecular complexity index is 440. The summed E-state index contributed by atoms with van der Waals surface area (Å²) in [6.45, 7) is 0. The van der Waals surface area contributed by atoms with Gasteiger partial charge in [0, 0.05) is 37.5 Å². The van der Waals surface area contributed by atoms with Crippen molar-refractivity contribution in [3.63, 3.8) is 0 Å². The molecule has 0 aliphatic carbocycles. The van der Waals surface area contributed by atoms with Gasteiger partial charge in [0.1, 0.15) is 0 Å². The van der Waals surface area contributed by atoms with E-state index in [0.717, 1.165) is 0 Å². The highest BCUT2D eigenvalue weighted by atomic mass is 14.3. The SMILES string of the molecule is N#CCCC(C#N)CCC#N.N#CCCC(C#N)CCC#N. The highest BCUT2D eigenvalue weighted by molar-refractivity contribution is 4.88. The van der Waals surface area contributed by atoms with Crippen LogP contribution in [0.3, 0.4) is 0 Å². The fourth-order valence-corrected chi connectivity index (χ4v) is 1.50. The van der Waals surface area contributed by atoms with Crippen LogP contribution in [-0.2, 0) is 0 Å². The largest absolute Gasteiger partial charge is 0.198 e. The highest BCUT2D eigenvalue weighted by Crippen LogP contribution is 2.11. The molecule has 6 heteroatoms. The third-order valence-electron chi connectivity index (χ3n) is 2.78. The summed E-state index contributed by atoms with van der Waals surface area (Å²) in [5.74, 6) is -0.233. The Hall–Kier alpha value is -3.06. The summed E-state index contributed by atoms with van der Waals surface area (Å²) in [6.07, 6.45) is 3.99. The fourth-order valence-electron chi connectivity index (χ4n) is 1.50. The van der Waals surface area contributed by atoms with E-state index < -0.39 is 0 Å². The smallest absolute Gasteiger partial charge is 0.0656 e. The van der Waals surface area contributed by atoms with Crippen molar-refractivity contribution >= 4 is 0 Å². The van der Waals surface area contributed by atoms with Crippen molar-refractivity contribution < 1.29 is 0 Å². The van der Waals surface area contributed by atoms with Crippen LogP contribution in [0.1, 0.15) is 51.4 Å². The molecule has 0 aliphatic rings. The molecular formula is C16H18N6. The van der Waals surface area contributed by atoms with Gasteiger partial charge in [0.05, 0.1) is 36.4 Å². The number of nitrogens with zero attached hydrogens (tertiary/aromatic N) is 6. The van der Waals surface area contributed by atoms with Gasteiger partial charge in [-0.25, -0.2) is 0 Å². The lowest BCUT2D eigenvalue weighted by Crippen LogP contribution is -1.95. The van der Waals surface area contributed by atoms with E-state index in [0.29, 0.717) is 51.4 Å². The van der Waals surface area contributed by atoms with Crippen LogP contribution in [0.2, 0.25) is 0 Å².